The summed E-state index contributed by atoms with van der Waals surface area (Å²) in [5.74, 6) is -1.12. The molecule has 0 atom stereocenters. The van der Waals surface area contributed by atoms with Gasteiger partial charge in [-0.1, -0.05) is 0 Å². The molecule has 1 aromatic heterocycles. The SMILES string of the molecule is Cc1c(C(=O)CNc2ccc([N+](=O)[O-])c(C(F)(F)F)c2)oc2ccc(F)cc12. The van der Waals surface area contributed by atoms with Gasteiger partial charge in [-0.05, 0) is 37.3 Å². The Bertz CT molecular complexity index is 1090. The first-order valence-electron chi connectivity index (χ1n) is 7.89. The predicted molar refractivity (Wildman–Crippen MR) is 91.8 cm³/mol. The van der Waals surface area contributed by atoms with Crippen LogP contribution in [0.4, 0.5) is 28.9 Å². The van der Waals surface area contributed by atoms with Crippen LogP contribution in [0.3, 0.4) is 0 Å². The Hall–Kier alpha value is -3.43. The minimum absolute atomic E-state index is 0.0499. The normalized spacial score (nSPS) is 11.6. The molecule has 0 aliphatic rings. The number of carbonyl (C=O) groups is 1. The number of rotatable bonds is 5. The topological polar surface area (TPSA) is 85.4 Å². The van der Waals surface area contributed by atoms with E-state index in [9.17, 15) is 32.5 Å². The van der Waals surface area contributed by atoms with Crippen molar-refractivity contribution in [1.29, 1.82) is 0 Å². The number of nitrogens with zero attached hydrogens (tertiary/aromatic N) is 1. The quantitative estimate of drug-likeness (QED) is 0.281. The van der Waals surface area contributed by atoms with Crippen LogP contribution in [0.25, 0.3) is 11.0 Å². The van der Waals surface area contributed by atoms with Crippen LogP contribution in [-0.2, 0) is 6.18 Å². The van der Waals surface area contributed by atoms with Gasteiger partial charge in [0, 0.05) is 22.7 Å². The summed E-state index contributed by atoms with van der Waals surface area (Å²) in [4.78, 5) is 22.0. The van der Waals surface area contributed by atoms with E-state index in [-0.39, 0.29) is 11.4 Å². The van der Waals surface area contributed by atoms with E-state index in [4.69, 9.17) is 4.42 Å². The molecule has 0 radical (unpaired) electrons. The fourth-order valence-electron chi connectivity index (χ4n) is 2.75. The highest BCUT2D eigenvalue weighted by Crippen LogP contribution is 2.37. The van der Waals surface area contributed by atoms with Crippen molar-refractivity contribution in [2.24, 2.45) is 0 Å². The third-order valence-electron chi connectivity index (χ3n) is 4.10. The minimum atomic E-state index is -4.93. The third-order valence-corrected chi connectivity index (χ3v) is 4.10. The molecule has 0 spiro atoms. The fraction of sp³-hybridized carbons (Fsp3) is 0.167. The first-order valence-corrected chi connectivity index (χ1v) is 7.89. The van der Waals surface area contributed by atoms with Crippen LogP contribution in [0.2, 0.25) is 0 Å². The Balaban J connectivity index is 1.83. The summed E-state index contributed by atoms with van der Waals surface area (Å²) in [5, 5.41) is 13.7. The lowest BCUT2D eigenvalue weighted by atomic mass is 10.1. The molecule has 0 amide bonds. The molecule has 0 unspecified atom stereocenters. The third kappa shape index (κ3) is 3.66. The van der Waals surface area contributed by atoms with Crippen molar-refractivity contribution in [1.82, 2.24) is 0 Å². The second-order valence-corrected chi connectivity index (χ2v) is 5.96. The first kappa shape index (κ1) is 19.3. The van der Waals surface area contributed by atoms with Gasteiger partial charge in [-0.2, -0.15) is 13.2 Å². The lowest BCUT2D eigenvalue weighted by Gasteiger charge is -2.10. The van der Waals surface area contributed by atoms with Gasteiger partial charge in [-0.3, -0.25) is 14.9 Å². The minimum Gasteiger partial charge on any atom is -0.453 e. The molecule has 0 fully saturated rings. The number of halogens is 4. The monoisotopic (exact) mass is 396 g/mol. The number of nitro benzene ring substituents is 1. The molecule has 0 aliphatic carbocycles. The Morgan fingerprint density at radius 2 is 1.93 bits per heavy atom. The number of anilines is 1. The first-order chi connectivity index (χ1) is 13.1. The molecule has 3 rings (SSSR count). The zero-order valence-corrected chi connectivity index (χ0v) is 14.3. The van der Waals surface area contributed by atoms with Crippen molar-refractivity contribution < 1.29 is 31.7 Å². The average Bonchev–Trinajstić information content (AvgIpc) is 2.95. The predicted octanol–water partition coefficient (Wildman–Crippen LogP) is 5.10. The van der Waals surface area contributed by atoms with E-state index >= 15 is 0 Å². The molecule has 3 aromatic rings. The maximum atomic E-state index is 13.3. The maximum Gasteiger partial charge on any atom is 0.423 e. The van der Waals surface area contributed by atoms with Gasteiger partial charge in [0.25, 0.3) is 5.69 Å². The number of alkyl halides is 3. The molecule has 0 saturated heterocycles. The number of nitro groups is 1. The molecule has 1 N–H and O–H groups in total. The van der Waals surface area contributed by atoms with Gasteiger partial charge < -0.3 is 9.73 Å². The number of ketones is 1. The Kier molecular flexibility index (Phi) is 4.80. The van der Waals surface area contributed by atoms with E-state index in [1.54, 1.807) is 6.92 Å². The van der Waals surface area contributed by atoms with Crippen molar-refractivity contribution >= 4 is 28.1 Å². The molecule has 0 saturated carbocycles. The van der Waals surface area contributed by atoms with Crippen LogP contribution in [-0.4, -0.2) is 17.3 Å². The summed E-state index contributed by atoms with van der Waals surface area (Å²) in [5.41, 5.74) is -1.92. The number of carbonyl (C=O) groups excluding carboxylic acids is 1. The molecule has 146 valence electrons. The van der Waals surface area contributed by atoms with Crippen LogP contribution < -0.4 is 5.32 Å². The van der Waals surface area contributed by atoms with Crippen LogP contribution in [0.1, 0.15) is 21.7 Å². The van der Waals surface area contributed by atoms with Gasteiger partial charge in [-0.15, -0.1) is 0 Å². The molecular weight excluding hydrogens is 384 g/mol. The van der Waals surface area contributed by atoms with Gasteiger partial charge in [0.1, 0.15) is 17.0 Å². The van der Waals surface area contributed by atoms with Crippen LogP contribution in [0.15, 0.2) is 40.8 Å². The van der Waals surface area contributed by atoms with Gasteiger partial charge in [0.05, 0.1) is 11.5 Å². The molecule has 10 heteroatoms. The molecule has 1 heterocycles. The summed E-state index contributed by atoms with van der Waals surface area (Å²) in [6.07, 6.45) is -4.93. The number of benzene rings is 2. The van der Waals surface area contributed by atoms with E-state index in [2.05, 4.69) is 5.32 Å². The average molecular weight is 396 g/mol. The highest BCUT2D eigenvalue weighted by Gasteiger charge is 2.38. The lowest BCUT2D eigenvalue weighted by Crippen LogP contribution is -2.15. The number of hydrogen-bond donors (Lipinski definition) is 1. The molecule has 28 heavy (non-hydrogen) atoms. The molecule has 6 nitrogen and oxygen atoms in total. The summed E-state index contributed by atoms with van der Waals surface area (Å²) in [6.45, 7) is 1.14. The number of nitrogens with one attached hydrogen (secondary N) is 1. The number of fused-ring (bicyclic) bond motifs is 1. The second-order valence-electron chi connectivity index (χ2n) is 5.96. The maximum absolute atomic E-state index is 13.3. The highest BCUT2D eigenvalue weighted by atomic mass is 19.4. The van der Waals surface area contributed by atoms with Gasteiger partial charge in [0.15, 0.2) is 5.76 Å². The number of hydrogen-bond acceptors (Lipinski definition) is 5. The highest BCUT2D eigenvalue weighted by molar-refractivity contribution is 6.02. The Morgan fingerprint density at radius 3 is 2.57 bits per heavy atom. The number of furan rings is 1. The second kappa shape index (κ2) is 6.95. The number of Topliss-reactive ketones (excluding diaryl/α,β-unsaturated/α-hetero) is 1. The standard InChI is InChI=1S/C18H12F4N2O4/c1-9-12-6-10(19)2-5-16(12)28-17(9)15(25)8-23-11-3-4-14(24(26)27)13(7-11)18(20,21)22/h2-7,23H,8H2,1H3. The summed E-state index contributed by atoms with van der Waals surface area (Å²) in [7, 11) is 0. The van der Waals surface area contributed by atoms with Crippen molar-refractivity contribution in [3.8, 4) is 0 Å². The summed E-state index contributed by atoms with van der Waals surface area (Å²) in [6, 6.07) is 6.10. The van der Waals surface area contributed by atoms with E-state index in [1.165, 1.54) is 18.2 Å². The van der Waals surface area contributed by atoms with Crippen molar-refractivity contribution in [3.05, 3.63) is 69.2 Å². The molecule has 0 bridgehead atoms. The van der Waals surface area contributed by atoms with E-state index in [0.717, 1.165) is 6.07 Å². The zero-order chi connectivity index (χ0) is 20.6. The number of aryl methyl sites for hydroxylation is 1. The largest absolute Gasteiger partial charge is 0.453 e. The van der Waals surface area contributed by atoms with Crippen molar-refractivity contribution in [2.45, 2.75) is 13.1 Å². The van der Waals surface area contributed by atoms with Gasteiger partial charge in [0.2, 0.25) is 5.78 Å². The molecular formula is C18H12F4N2O4. The van der Waals surface area contributed by atoms with E-state index in [1.807, 2.05) is 0 Å². The lowest BCUT2D eigenvalue weighted by molar-refractivity contribution is -0.388. The summed E-state index contributed by atoms with van der Waals surface area (Å²) < 4.78 is 57.8. The smallest absolute Gasteiger partial charge is 0.423 e. The van der Waals surface area contributed by atoms with Crippen LogP contribution in [0, 0.1) is 22.9 Å². The van der Waals surface area contributed by atoms with Gasteiger partial charge >= 0.3 is 6.18 Å². The Morgan fingerprint density at radius 1 is 1.21 bits per heavy atom. The molecule has 2 aromatic carbocycles. The zero-order valence-electron chi connectivity index (χ0n) is 14.3. The van der Waals surface area contributed by atoms with Crippen LogP contribution >= 0.6 is 0 Å². The van der Waals surface area contributed by atoms with E-state index < -0.39 is 40.5 Å². The van der Waals surface area contributed by atoms with E-state index in [0.29, 0.717) is 28.7 Å². The summed E-state index contributed by atoms with van der Waals surface area (Å²) >= 11 is 0. The van der Waals surface area contributed by atoms with Crippen molar-refractivity contribution in [3.63, 3.8) is 0 Å². The van der Waals surface area contributed by atoms with Gasteiger partial charge in [-0.25, -0.2) is 4.39 Å². The Labute approximate surface area is 154 Å². The van der Waals surface area contributed by atoms with Crippen LogP contribution in [0.5, 0.6) is 0 Å². The molecule has 0 aliphatic heterocycles. The fourth-order valence-corrected chi connectivity index (χ4v) is 2.75. The van der Waals surface area contributed by atoms with Crippen molar-refractivity contribution in [2.75, 3.05) is 11.9 Å².